The molecule has 1 atom stereocenters. The van der Waals surface area contributed by atoms with Crippen molar-refractivity contribution >= 4 is 16.8 Å². The van der Waals surface area contributed by atoms with E-state index in [0.29, 0.717) is 5.75 Å². The minimum atomic E-state index is -1.18. The molecular formula is C13H12O4S. The van der Waals surface area contributed by atoms with Gasteiger partial charge in [-0.15, -0.1) is 0 Å². The van der Waals surface area contributed by atoms with Crippen LogP contribution in [0.25, 0.3) is 0 Å². The first-order valence-corrected chi connectivity index (χ1v) is 6.84. The largest absolute Gasteiger partial charge is 0.478 e. The van der Waals surface area contributed by atoms with E-state index in [9.17, 15) is 9.00 Å². The predicted molar refractivity (Wildman–Crippen MR) is 67.7 cm³/mol. The molecule has 0 fully saturated rings. The molecule has 1 aromatic heterocycles. The maximum atomic E-state index is 11.9. The molecule has 0 radical (unpaired) electrons. The average Bonchev–Trinajstić information content (AvgIpc) is 2.78. The highest BCUT2D eigenvalue weighted by molar-refractivity contribution is 7.83. The van der Waals surface area contributed by atoms with Crippen LogP contribution >= 0.6 is 0 Å². The summed E-state index contributed by atoms with van der Waals surface area (Å²) in [5.41, 5.74) is 1.04. The Hall–Kier alpha value is -1.88. The number of hydrogen-bond donors (Lipinski definition) is 1. The molecule has 18 heavy (non-hydrogen) atoms. The quantitative estimate of drug-likeness (QED) is 0.900. The highest BCUT2D eigenvalue weighted by atomic mass is 32.2. The summed E-state index contributed by atoms with van der Waals surface area (Å²) in [7, 11) is -1.18. The molecule has 1 N–H and O–H groups in total. The van der Waals surface area contributed by atoms with Crippen molar-refractivity contribution in [3.8, 4) is 0 Å². The van der Waals surface area contributed by atoms with Crippen LogP contribution in [0.2, 0.25) is 0 Å². The fourth-order valence-corrected chi connectivity index (χ4v) is 2.78. The summed E-state index contributed by atoms with van der Waals surface area (Å²) in [6.07, 6.45) is 1.30. The van der Waals surface area contributed by atoms with Gasteiger partial charge in [-0.3, -0.25) is 4.21 Å². The van der Waals surface area contributed by atoms with Crippen molar-refractivity contribution in [3.05, 3.63) is 59.5 Å². The second-order valence-corrected chi connectivity index (χ2v) is 5.23. The first kappa shape index (κ1) is 12.6. The Kier molecular flexibility index (Phi) is 3.94. The van der Waals surface area contributed by atoms with Crippen molar-refractivity contribution in [1.82, 2.24) is 0 Å². The number of carboxylic acids is 1. The zero-order valence-corrected chi connectivity index (χ0v) is 10.4. The highest BCUT2D eigenvalue weighted by Gasteiger charge is 2.15. The van der Waals surface area contributed by atoms with Gasteiger partial charge in [0, 0.05) is 16.6 Å². The monoisotopic (exact) mass is 264 g/mol. The lowest BCUT2D eigenvalue weighted by atomic mass is 10.2. The molecule has 0 spiro atoms. The van der Waals surface area contributed by atoms with E-state index in [4.69, 9.17) is 9.52 Å². The summed E-state index contributed by atoms with van der Waals surface area (Å²) in [5.74, 6) is -0.295. The average molecular weight is 264 g/mol. The van der Waals surface area contributed by atoms with E-state index in [1.165, 1.54) is 12.3 Å². The fourth-order valence-electron chi connectivity index (χ4n) is 1.60. The molecular weight excluding hydrogens is 252 g/mol. The normalized spacial score (nSPS) is 12.2. The molecule has 94 valence electrons. The molecule has 5 heteroatoms. The Labute approximate surface area is 107 Å². The summed E-state index contributed by atoms with van der Waals surface area (Å²) in [4.78, 5) is 10.9. The van der Waals surface area contributed by atoms with Gasteiger partial charge in [0.15, 0.2) is 0 Å². The number of carbonyl (C=O) groups is 1. The summed E-state index contributed by atoms with van der Waals surface area (Å²) in [6, 6.07) is 10.8. The third-order valence-corrected chi connectivity index (χ3v) is 3.68. The molecule has 0 aliphatic carbocycles. The Morgan fingerprint density at radius 2 is 1.89 bits per heavy atom. The van der Waals surface area contributed by atoms with E-state index in [1.54, 1.807) is 0 Å². The maximum Gasteiger partial charge on any atom is 0.339 e. The standard InChI is InChI=1S/C13H12O4S/c14-13(15)11-6-7-17-12(11)9-18(16)8-10-4-2-1-3-5-10/h1-7H,8-9H2,(H,14,15). The van der Waals surface area contributed by atoms with E-state index in [-0.39, 0.29) is 17.1 Å². The molecule has 1 heterocycles. The van der Waals surface area contributed by atoms with Crippen LogP contribution in [0.4, 0.5) is 0 Å². The lowest BCUT2D eigenvalue weighted by Crippen LogP contribution is -2.04. The van der Waals surface area contributed by atoms with Crippen molar-refractivity contribution in [2.45, 2.75) is 11.5 Å². The van der Waals surface area contributed by atoms with Gasteiger partial charge in [-0.05, 0) is 11.6 Å². The third-order valence-electron chi connectivity index (χ3n) is 2.44. The van der Waals surface area contributed by atoms with Crippen LogP contribution in [0.1, 0.15) is 21.7 Å². The molecule has 1 aromatic carbocycles. The SMILES string of the molecule is O=C(O)c1ccoc1CS(=O)Cc1ccccc1. The van der Waals surface area contributed by atoms with Gasteiger partial charge in [-0.2, -0.15) is 0 Å². The molecule has 0 saturated heterocycles. The van der Waals surface area contributed by atoms with Gasteiger partial charge in [0.25, 0.3) is 0 Å². The van der Waals surface area contributed by atoms with Crippen LogP contribution in [0.15, 0.2) is 47.1 Å². The third kappa shape index (κ3) is 3.07. The fraction of sp³-hybridized carbons (Fsp3) is 0.154. The Bertz CT molecular complexity index is 559. The van der Waals surface area contributed by atoms with Crippen molar-refractivity contribution in [3.63, 3.8) is 0 Å². The smallest absolute Gasteiger partial charge is 0.339 e. The van der Waals surface area contributed by atoms with E-state index in [0.717, 1.165) is 5.56 Å². The molecule has 0 amide bonds. The van der Waals surface area contributed by atoms with Crippen molar-refractivity contribution < 1.29 is 18.5 Å². The Morgan fingerprint density at radius 1 is 1.17 bits per heavy atom. The van der Waals surface area contributed by atoms with Gasteiger partial charge in [0.2, 0.25) is 0 Å². The zero-order chi connectivity index (χ0) is 13.0. The second kappa shape index (κ2) is 5.64. The molecule has 0 aliphatic heterocycles. The van der Waals surface area contributed by atoms with Crippen LogP contribution in [0, 0.1) is 0 Å². The molecule has 0 aliphatic rings. The zero-order valence-electron chi connectivity index (χ0n) is 9.54. The number of aromatic carboxylic acids is 1. The lowest BCUT2D eigenvalue weighted by Gasteiger charge is -2.01. The van der Waals surface area contributed by atoms with Gasteiger partial charge in [-0.25, -0.2) is 4.79 Å². The van der Waals surface area contributed by atoms with Crippen molar-refractivity contribution in [2.24, 2.45) is 0 Å². The number of furan rings is 1. The van der Waals surface area contributed by atoms with Crippen LogP contribution in [-0.4, -0.2) is 15.3 Å². The van der Waals surface area contributed by atoms with Crippen molar-refractivity contribution in [1.29, 1.82) is 0 Å². The first-order valence-electron chi connectivity index (χ1n) is 5.35. The van der Waals surface area contributed by atoms with E-state index in [2.05, 4.69) is 0 Å². The molecule has 0 saturated carbocycles. The minimum absolute atomic E-state index is 0.0800. The van der Waals surface area contributed by atoms with Crippen LogP contribution in [0.5, 0.6) is 0 Å². The summed E-state index contributed by atoms with van der Waals surface area (Å²) < 4.78 is 17.0. The van der Waals surface area contributed by atoms with Gasteiger partial charge in [-0.1, -0.05) is 30.3 Å². The van der Waals surface area contributed by atoms with E-state index < -0.39 is 16.8 Å². The lowest BCUT2D eigenvalue weighted by molar-refractivity contribution is 0.0695. The second-order valence-electron chi connectivity index (χ2n) is 3.78. The Morgan fingerprint density at radius 3 is 2.56 bits per heavy atom. The first-order chi connectivity index (χ1) is 8.66. The van der Waals surface area contributed by atoms with E-state index in [1.807, 2.05) is 30.3 Å². The van der Waals surface area contributed by atoms with E-state index >= 15 is 0 Å². The molecule has 0 bridgehead atoms. The predicted octanol–water partition coefficient (Wildman–Crippen LogP) is 2.43. The van der Waals surface area contributed by atoms with Gasteiger partial charge in [0.1, 0.15) is 11.3 Å². The number of carboxylic acid groups (broad SMARTS) is 1. The van der Waals surface area contributed by atoms with Gasteiger partial charge < -0.3 is 9.52 Å². The molecule has 1 unspecified atom stereocenters. The van der Waals surface area contributed by atoms with Crippen molar-refractivity contribution in [2.75, 3.05) is 0 Å². The molecule has 4 nitrogen and oxygen atoms in total. The number of benzene rings is 1. The van der Waals surface area contributed by atoms with Crippen LogP contribution in [0.3, 0.4) is 0 Å². The summed E-state index contributed by atoms with van der Waals surface area (Å²) >= 11 is 0. The molecule has 2 rings (SSSR count). The summed E-state index contributed by atoms with van der Waals surface area (Å²) in [6.45, 7) is 0. The topological polar surface area (TPSA) is 67.5 Å². The number of rotatable bonds is 5. The van der Waals surface area contributed by atoms with Gasteiger partial charge >= 0.3 is 5.97 Å². The highest BCUT2D eigenvalue weighted by Crippen LogP contribution is 2.15. The van der Waals surface area contributed by atoms with Crippen LogP contribution in [-0.2, 0) is 22.3 Å². The maximum absolute atomic E-state index is 11.9. The van der Waals surface area contributed by atoms with Crippen LogP contribution < -0.4 is 0 Å². The number of hydrogen-bond acceptors (Lipinski definition) is 3. The summed E-state index contributed by atoms with van der Waals surface area (Å²) in [5, 5.41) is 8.90. The van der Waals surface area contributed by atoms with Gasteiger partial charge in [0.05, 0.1) is 12.0 Å². The minimum Gasteiger partial charge on any atom is -0.478 e. The molecule has 2 aromatic rings. The Balaban J connectivity index is 2.04.